The van der Waals surface area contributed by atoms with Gasteiger partial charge in [-0.1, -0.05) is 6.07 Å². The fourth-order valence-corrected chi connectivity index (χ4v) is 1.18. The lowest BCUT2D eigenvalue weighted by atomic mass is 10.0. The van der Waals surface area contributed by atoms with Gasteiger partial charge in [-0.25, -0.2) is 0 Å². The summed E-state index contributed by atoms with van der Waals surface area (Å²) in [7, 11) is 0. The quantitative estimate of drug-likeness (QED) is 0.661. The highest BCUT2D eigenvalue weighted by Gasteiger charge is 2.16. The third kappa shape index (κ3) is 3.39. The van der Waals surface area contributed by atoms with E-state index in [1.54, 1.807) is 0 Å². The van der Waals surface area contributed by atoms with Crippen molar-refractivity contribution >= 4 is 18.1 Å². The fraction of sp³-hybridized carbons (Fsp3) is 0.333. The molecule has 0 aliphatic rings. The number of hydrogen-bond donors (Lipinski definition) is 1. The Bertz CT molecular complexity index is 377. The third-order valence-electron chi connectivity index (χ3n) is 2.02. The summed E-state index contributed by atoms with van der Waals surface area (Å²) in [5, 5.41) is 10.4. The van der Waals surface area contributed by atoms with Gasteiger partial charge in [0, 0.05) is 12.1 Å². The highest BCUT2D eigenvalue weighted by molar-refractivity contribution is 5.85. The smallest absolute Gasteiger partial charge is 0.305 e. The Hall–Kier alpha value is -1.27. The molecule has 1 atom stereocenters. The van der Waals surface area contributed by atoms with Crippen molar-refractivity contribution in [1.82, 2.24) is 0 Å². The molecule has 1 aromatic carbocycles. The van der Waals surface area contributed by atoms with Gasteiger partial charge in [0.15, 0.2) is 0 Å². The van der Waals surface area contributed by atoms with Crippen LogP contribution < -0.4 is 5.73 Å². The molecule has 4 nitrogen and oxygen atoms in total. The number of alkyl halides is 1. The monoisotopic (exact) mass is 252 g/mol. The molecule has 0 bridgehead atoms. The van der Waals surface area contributed by atoms with Crippen LogP contribution in [0, 0.1) is 15.9 Å². The number of nitrogens with zero attached hydrogens (tertiary/aromatic N) is 1. The molecule has 90 valence electrons. The summed E-state index contributed by atoms with van der Waals surface area (Å²) in [6, 6.07) is 2.68. The SMILES string of the molecule is Cl.N[C@H](CCF)c1ccc(F)c([N+](=O)[O-])c1. The zero-order valence-electron chi connectivity index (χ0n) is 8.23. The Morgan fingerprint density at radius 1 is 1.50 bits per heavy atom. The van der Waals surface area contributed by atoms with Crippen LogP contribution in [0.5, 0.6) is 0 Å². The summed E-state index contributed by atoms with van der Waals surface area (Å²) in [5.74, 6) is -0.920. The Labute approximate surface area is 97.0 Å². The van der Waals surface area contributed by atoms with Gasteiger partial charge >= 0.3 is 5.69 Å². The second-order valence-electron chi connectivity index (χ2n) is 3.05. The van der Waals surface area contributed by atoms with Crippen LogP contribution in [-0.2, 0) is 0 Å². The number of benzene rings is 1. The predicted octanol–water partition coefficient (Wildman–Crippen LogP) is 2.52. The number of nitro groups is 1. The normalized spacial score (nSPS) is 11.7. The zero-order valence-corrected chi connectivity index (χ0v) is 9.05. The highest BCUT2D eigenvalue weighted by atomic mass is 35.5. The molecule has 0 aromatic heterocycles. The maximum Gasteiger partial charge on any atom is 0.305 e. The number of hydrogen-bond acceptors (Lipinski definition) is 3. The lowest BCUT2D eigenvalue weighted by Crippen LogP contribution is -2.11. The molecule has 7 heteroatoms. The van der Waals surface area contributed by atoms with Crippen LogP contribution in [0.25, 0.3) is 0 Å². The van der Waals surface area contributed by atoms with E-state index >= 15 is 0 Å². The van der Waals surface area contributed by atoms with Gasteiger partial charge in [-0.2, -0.15) is 4.39 Å². The minimum atomic E-state index is -0.920. The lowest BCUT2D eigenvalue weighted by molar-refractivity contribution is -0.387. The molecule has 0 aliphatic heterocycles. The fourth-order valence-electron chi connectivity index (χ4n) is 1.18. The van der Waals surface area contributed by atoms with Crippen LogP contribution in [0.1, 0.15) is 18.0 Å². The van der Waals surface area contributed by atoms with Crippen LogP contribution in [0.15, 0.2) is 18.2 Å². The van der Waals surface area contributed by atoms with E-state index in [9.17, 15) is 18.9 Å². The van der Waals surface area contributed by atoms with Crippen molar-refractivity contribution in [3.05, 3.63) is 39.7 Å². The van der Waals surface area contributed by atoms with Gasteiger partial charge in [-0.15, -0.1) is 12.4 Å². The summed E-state index contributed by atoms with van der Waals surface area (Å²) < 4.78 is 24.9. The van der Waals surface area contributed by atoms with Crippen molar-refractivity contribution in [3.63, 3.8) is 0 Å². The van der Waals surface area contributed by atoms with Crippen molar-refractivity contribution in [2.75, 3.05) is 6.67 Å². The van der Waals surface area contributed by atoms with Gasteiger partial charge in [0.2, 0.25) is 5.82 Å². The van der Waals surface area contributed by atoms with Gasteiger partial charge in [-0.3, -0.25) is 14.5 Å². The van der Waals surface area contributed by atoms with E-state index in [4.69, 9.17) is 5.73 Å². The summed E-state index contributed by atoms with van der Waals surface area (Å²) in [6.45, 7) is -0.619. The van der Waals surface area contributed by atoms with E-state index in [-0.39, 0.29) is 18.8 Å². The first-order valence-electron chi connectivity index (χ1n) is 4.31. The van der Waals surface area contributed by atoms with E-state index in [0.29, 0.717) is 5.56 Å². The Kier molecular flexibility index (Phi) is 5.84. The van der Waals surface area contributed by atoms with Crippen molar-refractivity contribution in [1.29, 1.82) is 0 Å². The van der Waals surface area contributed by atoms with E-state index in [2.05, 4.69) is 0 Å². The maximum absolute atomic E-state index is 12.9. The van der Waals surface area contributed by atoms with E-state index < -0.39 is 29.1 Å². The largest absolute Gasteiger partial charge is 0.324 e. The van der Waals surface area contributed by atoms with Crippen LogP contribution in [0.3, 0.4) is 0 Å². The summed E-state index contributed by atoms with van der Waals surface area (Å²) in [6.07, 6.45) is 0.0583. The molecule has 0 amide bonds. The van der Waals surface area contributed by atoms with E-state index in [0.717, 1.165) is 12.1 Å². The number of rotatable bonds is 4. The minimum absolute atomic E-state index is 0. The first-order valence-corrected chi connectivity index (χ1v) is 4.31. The van der Waals surface area contributed by atoms with Gasteiger partial charge in [0.25, 0.3) is 0 Å². The van der Waals surface area contributed by atoms with Gasteiger partial charge < -0.3 is 5.73 Å². The maximum atomic E-state index is 12.9. The molecular formula is C9H11ClF2N2O2. The molecule has 1 aromatic rings. The van der Waals surface area contributed by atoms with Crippen LogP contribution in [0.2, 0.25) is 0 Å². The van der Waals surface area contributed by atoms with Crippen molar-refractivity contribution in [2.24, 2.45) is 5.73 Å². The number of nitrogens with two attached hydrogens (primary N) is 1. The molecule has 0 fully saturated rings. The molecule has 0 spiro atoms. The van der Waals surface area contributed by atoms with Crippen LogP contribution in [0.4, 0.5) is 14.5 Å². The topological polar surface area (TPSA) is 69.2 Å². The molecule has 0 saturated carbocycles. The molecule has 0 radical (unpaired) electrons. The molecule has 0 saturated heterocycles. The average Bonchev–Trinajstić information content (AvgIpc) is 2.18. The van der Waals surface area contributed by atoms with Gasteiger partial charge in [0.05, 0.1) is 11.6 Å². The summed E-state index contributed by atoms with van der Waals surface area (Å²) in [4.78, 5) is 9.57. The second-order valence-corrected chi connectivity index (χ2v) is 3.05. The Balaban J connectivity index is 0.00000225. The summed E-state index contributed by atoms with van der Waals surface area (Å²) >= 11 is 0. The predicted molar refractivity (Wildman–Crippen MR) is 57.8 cm³/mol. The minimum Gasteiger partial charge on any atom is -0.324 e. The first-order chi connectivity index (χ1) is 7.06. The number of nitro benzene ring substituents is 1. The third-order valence-corrected chi connectivity index (χ3v) is 2.02. The van der Waals surface area contributed by atoms with E-state index in [1.807, 2.05) is 0 Å². The second kappa shape index (κ2) is 6.34. The molecule has 2 N–H and O–H groups in total. The van der Waals surface area contributed by atoms with Crippen LogP contribution in [-0.4, -0.2) is 11.6 Å². The van der Waals surface area contributed by atoms with Crippen LogP contribution >= 0.6 is 12.4 Å². The van der Waals surface area contributed by atoms with Crippen molar-refractivity contribution in [3.8, 4) is 0 Å². The first kappa shape index (κ1) is 14.7. The molecule has 1 rings (SSSR count). The molecular weight excluding hydrogens is 242 g/mol. The molecule has 0 aliphatic carbocycles. The van der Waals surface area contributed by atoms with Crippen molar-refractivity contribution in [2.45, 2.75) is 12.5 Å². The Morgan fingerprint density at radius 2 is 2.12 bits per heavy atom. The van der Waals surface area contributed by atoms with Crippen molar-refractivity contribution < 1.29 is 13.7 Å². The Morgan fingerprint density at radius 3 is 2.62 bits per heavy atom. The van der Waals surface area contributed by atoms with E-state index in [1.165, 1.54) is 6.07 Å². The molecule has 0 heterocycles. The average molecular weight is 253 g/mol. The highest BCUT2D eigenvalue weighted by Crippen LogP contribution is 2.23. The lowest BCUT2D eigenvalue weighted by Gasteiger charge is -2.09. The zero-order chi connectivity index (χ0) is 11.4. The van der Waals surface area contributed by atoms with Gasteiger partial charge in [0.1, 0.15) is 0 Å². The number of halogens is 3. The molecule has 0 unspecified atom stereocenters. The molecule has 16 heavy (non-hydrogen) atoms. The van der Waals surface area contributed by atoms with Gasteiger partial charge in [-0.05, 0) is 18.1 Å². The standard InChI is InChI=1S/C9H10F2N2O2.ClH/c10-4-3-8(12)6-1-2-7(11)9(5-6)13(14)15;/h1-2,5,8H,3-4,12H2;1H/t8-;/m1./s1. The summed E-state index contributed by atoms with van der Waals surface area (Å²) in [5.41, 5.74) is 5.26.